The first-order valence-corrected chi connectivity index (χ1v) is 6.61. The Labute approximate surface area is 117 Å². The molecule has 6 heteroatoms. The van der Waals surface area contributed by atoms with Gasteiger partial charge in [0, 0.05) is 30.8 Å². The molecule has 0 saturated carbocycles. The predicted molar refractivity (Wildman–Crippen MR) is 71.9 cm³/mol. The standard InChI is InChI=1S/C14H19FN2O3/c1-10(16)12-3-2-11(15)8-13(12)20-9-14(18)17-4-6-19-7-5-17/h2-3,8,10H,4-7,9,16H2,1H3/t10-/m1/s1. The highest BCUT2D eigenvalue weighted by Gasteiger charge is 2.18. The molecule has 1 heterocycles. The molecule has 20 heavy (non-hydrogen) atoms. The second kappa shape index (κ2) is 6.67. The molecule has 1 atom stereocenters. The highest BCUT2D eigenvalue weighted by Crippen LogP contribution is 2.24. The van der Waals surface area contributed by atoms with E-state index in [1.54, 1.807) is 17.9 Å². The van der Waals surface area contributed by atoms with Crippen molar-refractivity contribution in [2.75, 3.05) is 32.9 Å². The summed E-state index contributed by atoms with van der Waals surface area (Å²) in [5.74, 6) is -0.224. The van der Waals surface area contributed by atoms with Gasteiger partial charge in [-0.25, -0.2) is 4.39 Å². The number of rotatable bonds is 4. The molecule has 1 aliphatic rings. The highest BCUT2D eigenvalue weighted by atomic mass is 19.1. The first-order chi connectivity index (χ1) is 9.58. The maximum absolute atomic E-state index is 13.3. The maximum atomic E-state index is 13.3. The number of hydrogen-bond acceptors (Lipinski definition) is 4. The van der Waals surface area contributed by atoms with E-state index in [2.05, 4.69) is 0 Å². The molecule has 5 nitrogen and oxygen atoms in total. The molecule has 0 bridgehead atoms. The van der Waals surface area contributed by atoms with Crippen molar-refractivity contribution < 1.29 is 18.7 Å². The second-order valence-corrected chi connectivity index (χ2v) is 4.75. The van der Waals surface area contributed by atoms with E-state index in [0.717, 1.165) is 0 Å². The van der Waals surface area contributed by atoms with Gasteiger partial charge in [0.1, 0.15) is 11.6 Å². The number of hydrogen-bond donors (Lipinski definition) is 1. The quantitative estimate of drug-likeness (QED) is 0.897. The monoisotopic (exact) mass is 282 g/mol. The SMILES string of the molecule is C[C@@H](N)c1ccc(F)cc1OCC(=O)N1CCOCC1. The van der Waals surface area contributed by atoms with Crippen molar-refractivity contribution in [2.24, 2.45) is 5.73 Å². The average molecular weight is 282 g/mol. The number of ether oxygens (including phenoxy) is 2. The molecule has 0 aliphatic carbocycles. The largest absolute Gasteiger partial charge is 0.483 e. The second-order valence-electron chi connectivity index (χ2n) is 4.75. The van der Waals surface area contributed by atoms with Gasteiger partial charge in [-0.2, -0.15) is 0 Å². The molecule has 110 valence electrons. The minimum atomic E-state index is -0.414. The summed E-state index contributed by atoms with van der Waals surface area (Å²) >= 11 is 0. The van der Waals surface area contributed by atoms with Crippen LogP contribution in [0.3, 0.4) is 0 Å². The Kier molecular flexibility index (Phi) is 4.92. The molecular weight excluding hydrogens is 263 g/mol. The van der Waals surface area contributed by atoms with Crippen molar-refractivity contribution in [3.8, 4) is 5.75 Å². The summed E-state index contributed by atoms with van der Waals surface area (Å²) in [5.41, 5.74) is 6.48. The van der Waals surface area contributed by atoms with E-state index in [1.165, 1.54) is 12.1 Å². The van der Waals surface area contributed by atoms with E-state index in [-0.39, 0.29) is 18.6 Å². The molecule has 0 unspecified atom stereocenters. The van der Waals surface area contributed by atoms with Gasteiger partial charge in [-0.05, 0) is 13.0 Å². The molecule has 2 rings (SSSR count). The van der Waals surface area contributed by atoms with Crippen LogP contribution in [0.4, 0.5) is 4.39 Å². The number of nitrogens with two attached hydrogens (primary N) is 1. The predicted octanol–water partition coefficient (Wildman–Crippen LogP) is 1.08. The van der Waals surface area contributed by atoms with Crippen LogP contribution < -0.4 is 10.5 Å². The first-order valence-electron chi connectivity index (χ1n) is 6.61. The summed E-state index contributed by atoms with van der Waals surface area (Å²) in [6.45, 7) is 3.86. The molecule has 1 amide bonds. The van der Waals surface area contributed by atoms with Crippen molar-refractivity contribution in [3.05, 3.63) is 29.6 Å². The third-order valence-corrected chi connectivity index (χ3v) is 3.18. The van der Waals surface area contributed by atoms with E-state index in [4.69, 9.17) is 15.2 Å². The molecule has 0 aromatic heterocycles. The fourth-order valence-corrected chi connectivity index (χ4v) is 2.05. The highest BCUT2D eigenvalue weighted by molar-refractivity contribution is 5.77. The fourth-order valence-electron chi connectivity index (χ4n) is 2.05. The summed E-state index contributed by atoms with van der Waals surface area (Å²) < 4.78 is 23.9. The Morgan fingerprint density at radius 1 is 1.50 bits per heavy atom. The lowest BCUT2D eigenvalue weighted by Gasteiger charge is -2.27. The van der Waals surface area contributed by atoms with Crippen LogP contribution in [0.15, 0.2) is 18.2 Å². The minimum absolute atomic E-state index is 0.122. The van der Waals surface area contributed by atoms with Crippen molar-refractivity contribution in [1.29, 1.82) is 0 Å². The zero-order chi connectivity index (χ0) is 14.5. The van der Waals surface area contributed by atoms with Gasteiger partial charge >= 0.3 is 0 Å². The number of carbonyl (C=O) groups excluding carboxylic acids is 1. The molecular formula is C14H19FN2O3. The normalized spacial score (nSPS) is 16.9. The number of morpholine rings is 1. The van der Waals surface area contributed by atoms with Crippen LogP contribution in [0.25, 0.3) is 0 Å². The van der Waals surface area contributed by atoms with E-state index in [0.29, 0.717) is 37.6 Å². The van der Waals surface area contributed by atoms with Crippen LogP contribution in [0.5, 0.6) is 5.75 Å². The Morgan fingerprint density at radius 2 is 2.20 bits per heavy atom. The third kappa shape index (κ3) is 3.68. The van der Waals surface area contributed by atoms with Gasteiger partial charge in [-0.3, -0.25) is 4.79 Å². The lowest BCUT2D eigenvalue weighted by molar-refractivity contribution is -0.137. The van der Waals surface area contributed by atoms with Crippen LogP contribution in [0, 0.1) is 5.82 Å². The molecule has 0 spiro atoms. The van der Waals surface area contributed by atoms with Gasteiger partial charge in [0.25, 0.3) is 5.91 Å². The lowest BCUT2D eigenvalue weighted by atomic mass is 10.1. The molecule has 1 aromatic rings. The Morgan fingerprint density at radius 3 is 2.85 bits per heavy atom. The number of carbonyl (C=O) groups is 1. The topological polar surface area (TPSA) is 64.8 Å². The first kappa shape index (κ1) is 14.7. The molecule has 1 fully saturated rings. The van der Waals surface area contributed by atoms with Gasteiger partial charge in [0.2, 0.25) is 0 Å². The Balaban J connectivity index is 1.99. The number of benzene rings is 1. The van der Waals surface area contributed by atoms with Gasteiger partial charge in [0.15, 0.2) is 6.61 Å². The Bertz CT molecular complexity index is 473. The molecule has 0 radical (unpaired) electrons. The number of halogens is 1. The number of amides is 1. The number of nitrogens with zero attached hydrogens (tertiary/aromatic N) is 1. The minimum Gasteiger partial charge on any atom is -0.483 e. The Hall–Kier alpha value is -1.66. The van der Waals surface area contributed by atoms with Crippen molar-refractivity contribution >= 4 is 5.91 Å². The smallest absolute Gasteiger partial charge is 0.260 e. The van der Waals surface area contributed by atoms with Crippen LogP contribution in [0.2, 0.25) is 0 Å². The van der Waals surface area contributed by atoms with E-state index >= 15 is 0 Å². The van der Waals surface area contributed by atoms with Crippen LogP contribution in [-0.2, 0) is 9.53 Å². The third-order valence-electron chi connectivity index (χ3n) is 3.18. The summed E-state index contributed by atoms with van der Waals surface area (Å²) in [4.78, 5) is 13.6. The maximum Gasteiger partial charge on any atom is 0.260 e. The molecule has 2 N–H and O–H groups in total. The van der Waals surface area contributed by atoms with Gasteiger partial charge in [0.05, 0.1) is 13.2 Å². The zero-order valence-corrected chi connectivity index (χ0v) is 11.5. The zero-order valence-electron chi connectivity index (χ0n) is 11.5. The van der Waals surface area contributed by atoms with E-state index < -0.39 is 5.82 Å². The summed E-state index contributed by atoms with van der Waals surface area (Å²) in [7, 11) is 0. The van der Waals surface area contributed by atoms with Crippen LogP contribution in [-0.4, -0.2) is 43.7 Å². The summed E-state index contributed by atoms with van der Waals surface area (Å²) in [5, 5.41) is 0. The van der Waals surface area contributed by atoms with Crippen LogP contribution in [0.1, 0.15) is 18.5 Å². The molecule has 1 aliphatic heterocycles. The van der Waals surface area contributed by atoms with Gasteiger partial charge in [-0.15, -0.1) is 0 Å². The average Bonchev–Trinajstić information content (AvgIpc) is 2.45. The van der Waals surface area contributed by atoms with Gasteiger partial charge < -0.3 is 20.1 Å². The van der Waals surface area contributed by atoms with E-state index in [1.807, 2.05) is 0 Å². The van der Waals surface area contributed by atoms with E-state index in [9.17, 15) is 9.18 Å². The van der Waals surface area contributed by atoms with Crippen molar-refractivity contribution in [3.63, 3.8) is 0 Å². The summed E-state index contributed by atoms with van der Waals surface area (Å²) in [6.07, 6.45) is 0. The lowest BCUT2D eigenvalue weighted by Crippen LogP contribution is -2.43. The van der Waals surface area contributed by atoms with Crippen LogP contribution >= 0.6 is 0 Å². The molecule has 1 aromatic carbocycles. The fraction of sp³-hybridized carbons (Fsp3) is 0.500. The molecule has 1 saturated heterocycles. The van der Waals surface area contributed by atoms with Crippen molar-refractivity contribution in [1.82, 2.24) is 4.90 Å². The van der Waals surface area contributed by atoms with Gasteiger partial charge in [-0.1, -0.05) is 6.07 Å². The summed E-state index contributed by atoms with van der Waals surface area (Å²) in [6, 6.07) is 3.87. The van der Waals surface area contributed by atoms with Crippen molar-refractivity contribution in [2.45, 2.75) is 13.0 Å².